The van der Waals surface area contributed by atoms with Crippen LogP contribution in [-0.2, 0) is 24.1 Å². The Morgan fingerprint density at radius 2 is 2.00 bits per heavy atom. The lowest BCUT2D eigenvalue weighted by Crippen LogP contribution is -2.48. The number of nitrogens with one attached hydrogen (secondary N) is 3. The Morgan fingerprint density at radius 1 is 1.15 bits per heavy atom. The van der Waals surface area contributed by atoms with Crippen LogP contribution in [-0.4, -0.2) is 39.5 Å². The Morgan fingerprint density at radius 3 is 2.79 bits per heavy atom. The number of carbonyl (C=O) groups excluding carboxylic acids is 2. The molecule has 2 amide bonds. The first-order valence-electron chi connectivity index (χ1n) is 11.5. The van der Waals surface area contributed by atoms with E-state index in [-0.39, 0.29) is 11.8 Å². The molecule has 0 aliphatic rings. The number of hydrogen-bond acceptors (Lipinski definition) is 6. The topological polar surface area (TPSA) is 113 Å². The molecular formula is C25H29N5O3S. The number of benzene rings is 1. The molecule has 0 saturated heterocycles. The minimum atomic E-state index is -0.699. The summed E-state index contributed by atoms with van der Waals surface area (Å²) in [6.45, 7) is 4.66. The van der Waals surface area contributed by atoms with Crippen LogP contribution in [0.2, 0.25) is 0 Å². The van der Waals surface area contributed by atoms with Crippen LogP contribution in [0, 0.1) is 5.92 Å². The van der Waals surface area contributed by atoms with Gasteiger partial charge in [-0.15, -0.1) is 11.3 Å². The quantitative estimate of drug-likeness (QED) is 0.282. The maximum Gasteiger partial charge on any atom is 0.262 e. The number of nitrogens with zero attached hydrogens (tertiary/aromatic N) is 2. The smallest absolute Gasteiger partial charge is 0.262 e. The van der Waals surface area contributed by atoms with Crippen LogP contribution in [0.25, 0.3) is 10.9 Å². The zero-order chi connectivity index (χ0) is 23.9. The largest absolute Gasteiger partial charge is 0.361 e. The Kier molecular flexibility index (Phi) is 7.74. The average molecular weight is 480 g/mol. The van der Waals surface area contributed by atoms with Gasteiger partial charge < -0.3 is 20.1 Å². The maximum absolute atomic E-state index is 13.1. The van der Waals surface area contributed by atoms with E-state index < -0.39 is 6.04 Å². The van der Waals surface area contributed by atoms with Crippen LogP contribution in [0.1, 0.15) is 47.2 Å². The summed E-state index contributed by atoms with van der Waals surface area (Å²) in [5, 5.41) is 12.7. The van der Waals surface area contributed by atoms with Crippen LogP contribution >= 0.6 is 11.3 Å². The molecule has 0 fully saturated rings. The van der Waals surface area contributed by atoms with Gasteiger partial charge >= 0.3 is 0 Å². The minimum absolute atomic E-state index is 0.221. The van der Waals surface area contributed by atoms with Gasteiger partial charge in [-0.25, -0.2) is 0 Å². The molecule has 178 valence electrons. The second-order valence-corrected chi connectivity index (χ2v) is 9.61. The molecule has 3 heterocycles. The second kappa shape index (κ2) is 11.1. The first kappa shape index (κ1) is 23.7. The summed E-state index contributed by atoms with van der Waals surface area (Å²) >= 11 is 1.35. The van der Waals surface area contributed by atoms with Crippen molar-refractivity contribution in [1.29, 1.82) is 0 Å². The summed E-state index contributed by atoms with van der Waals surface area (Å²) in [6, 6.07) is 10.8. The van der Waals surface area contributed by atoms with Crippen molar-refractivity contribution in [3.63, 3.8) is 0 Å². The monoisotopic (exact) mass is 479 g/mol. The average Bonchev–Trinajstić information content (AvgIpc) is 3.57. The van der Waals surface area contributed by atoms with Gasteiger partial charge in [0.2, 0.25) is 11.8 Å². The van der Waals surface area contributed by atoms with Gasteiger partial charge in [0.15, 0.2) is 5.82 Å². The summed E-state index contributed by atoms with van der Waals surface area (Å²) in [5.41, 5.74) is 1.98. The zero-order valence-corrected chi connectivity index (χ0v) is 20.2. The summed E-state index contributed by atoms with van der Waals surface area (Å²) in [6.07, 6.45) is 4.30. The molecule has 4 rings (SSSR count). The van der Waals surface area contributed by atoms with Crippen LogP contribution < -0.4 is 10.6 Å². The van der Waals surface area contributed by atoms with Gasteiger partial charge in [-0.1, -0.05) is 43.3 Å². The second-order valence-electron chi connectivity index (χ2n) is 8.66. The van der Waals surface area contributed by atoms with Gasteiger partial charge in [0.05, 0.1) is 4.88 Å². The van der Waals surface area contributed by atoms with E-state index in [0.29, 0.717) is 48.3 Å². The molecule has 3 N–H and O–H groups in total. The van der Waals surface area contributed by atoms with Crippen molar-refractivity contribution in [2.75, 3.05) is 6.54 Å². The Balaban J connectivity index is 1.37. The van der Waals surface area contributed by atoms with Crippen LogP contribution in [0.5, 0.6) is 0 Å². The SMILES string of the molecule is CC(C)Cc1noc(CCCNC(=O)[C@@H](Cc2c[nH]c3ccccc23)NC(=O)c2cccs2)n1. The molecule has 8 nitrogen and oxygen atoms in total. The molecule has 9 heteroatoms. The Bertz CT molecular complexity index is 1230. The number of rotatable bonds is 11. The lowest BCUT2D eigenvalue weighted by molar-refractivity contribution is -0.122. The van der Waals surface area contributed by atoms with E-state index in [0.717, 1.165) is 22.9 Å². The predicted octanol–water partition coefficient (Wildman–Crippen LogP) is 3.90. The van der Waals surface area contributed by atoms with Crippen molar-refractivity contribution in [3.8, 4) is 0 Å². The predicted molar refractivity (Wildman–Crippen MR) is 132 cm³/mol. The van der Waals surface area contributed by atoms with Crippen molar-refractivity contribution in [1.82, 2.24) is 25.8 Å². The molecule has 4 aromatic rings. The van der Waals surface area contributed by atoms with Gasteiger partial charge in [0, 0.05) is 42.9 Å². The highest BCUT2D eigenvalue weighted by Gasteiger charge is 2.23. The van der Waals surface area contributed by atoms with E-state index in [9.17, 15) is 9.59 Å². The van der Waals surface area contributed by atoms with E-state index in [4.69, 9.17) is 4.52 Å². The van der Waals surface area contributed by atoms with Gasteiger partial charge in [-0.3, -0.25) is 9.59 Å². The lowest BCUT2D eigenvalue weighted by Gasteiger charge is -2.18. The fourth-order valence-corrected chi connectivity index (χ4v) is 4.41. The van der Waals surface area contributed by atoms with Gasteiger partial charge in [-0.2, -0.15) is 4.98 Å². The van der Waals surface area contributed by atoms with E-state index in [1.165, 1.54) is 11.3 Å². The van der Waals surface area contributed by atoms with Crippen LogP contribution in [0.4, 0.5) is 0 Å². The number of fused-ring (bicyclic) bond motifs is 1. The van der Waals surface area contributed by atoms with Gasteiger partial charge in [0.1, 0.15) is 6.04 Å². The molecule has 3 aromatic heterocycles. The highest BCUT2D eigenvalue weighted by atomic mass is 32.1. The van der Waals surface area contributed by atoms with E-state index in [1.54, 1.807) is 6.07 Å². The molecule has 0 aliphatic heterocycles. The number of amides is 2. The fourth-order valence-electron chi connectivity index (χ4n) is 3.78. The fraction of sp³-hybridized carbons (Fsp3) is 0.360. The number of aromatic nitrogens is 3. The number of H-pyrrole nitrogens is 1. The van der Waals surface area contributed by atoms with Crippen molar-refractivity contribution < 1.29 is 14.1 Å². The summed E-state index contributed by atoms with van der Waals surface area (Å²) < 4.78 is 5.29. The number of aryl methyl sites for hydroxylation is 1. The third-order valence-corrected chi connectivity index (χ3v) is 6.30. The van der Waals surface area contributed by atoms with Crippen molar-refractivity contribution in [3.05, 3.63) is 70.1 Å². The Labute approximate surface area is 202 Å². The van der Waals surface area contributed by atoms with Crippen molar-refractivity contribution >= 4 is 34.1 Å². The molecule has 34 heavy (non-hydrogen) atoms. The third-order valence-electron chi connectivity index (χ3n) is 5.43. The standard InChI is InChI=1S/C25H29N5O3S/c1-16(2)13-22-29-23(33-30-22)10-5-11-26-24(31)20(28-25(32)21-9-6-12-34-21)14-17-15-27-19-8-4-3-7-18(17)19/h3-4,6-9,12,15-16,20,27H,5,10-11,13-14H2,1-2H3,(H,26,31)(H,28,32)/t20-/m1/s1. The molecule has 0 saturated carbocycles. The number of thiophene rings is 1. The summed E-state index contributed by atoms with van der Waals surface area (Å²) in [5.74, 6) is 1.28. The highest BCUT2D eigenvalue weighted by Crippen LogP contribution is 2.19. The lowest BCUT2D eigenvalue weighted by atomic mass is 10.0. The van der Waals surface area contributed by atoms with Crippen LogP contribution in [0.3, 0.4) is 0 Å². The maximum atomic E-state index is 13.1. The molecule has 0 aliphatic carbocycles. The molecule has 0 bridgehead atoms. The Hall–Kier alpha value is -3.46. The third kappa shape index (κ3) is 6.11. The first-order valence-corrected chi connectivity index (χ1v) is 12.4. The number of aromatic amines is 1. The molecule has 1 aromatic carbocycles. The number of hydrogen-bond donors (Lipinski definition) is 3. The molecule has 0 radical (unpaired) electrons. The van der Waals surface area contributed by atoms with Crippen molar-refractivity contribution in [2.45, 2.75) is 45.6 Å². The van der Waals surface area contributed by atoms with Gasteiger partial charge in [0.25, 0.3) is 5.91 Å². The van der Waals surface area contributed by atoms with E-state index in [1.807, 2.05) is 41.9 Å². The van der Waals surface area contributed by atoms with Gasteiger partial charge in [-0.05, 0) is 35.4 Å². The van der Waals surface area contributed by atoms with Crippen molar-refractivity contribution in [2.24, 2.45) is 5.92 Å². The molecular weight excluding hydrogens is 450 g/mol. The molecule has 0 spiro atoms. The van der Waals surface area contributed by atoms with E-state index >= 15 is 0 Å². The molecule has 1 atom stereocenters. The number of carbonyl (C=O) groups is 2. The first-order chi connectivity index (χ1) is 16.5. The summed E-state index contributed by atoms with van der Waals surface area (Å²) in [7, 11) is 0. The summed E-state index contributed by atoms with van der Waals surface area (Å²) in [4.78, 5) is 34.0. The van der Waals surface area contributed by atoms with Crippen LogP contribution in [0.15, 0.2) is 52.5 Å². The number of para-hydroxylation sites is 1. The minimum Gasteiger partial charge on any atom is -0.361 e. The normalized spacial score (nSPS) is 12.2. The van der Waals surface area contributed by atoms with E-state index in [2.05, 4.69) is 39.6 Å². The molecule has 0 unspecified atom stereocenters. The highest BCUT2D eigenvalue weighted by molar-refractivity contribution is 7.12. The zero-order valence-electron chi connectivity index (χ0n) is 19.3.